The number of ether oxygens (including phenoxy) is 2. The minimum atomic E-state index is -0.198. The number of hydrogen-bond donors (Lipinski definition) is 0. The van der Waals surface area contributed by atoms with Gasteiger partial charge in [0, 0.05) is 11.0 Å². The van der Waals surface area contributed by atoms with Crippen LogP contribution in [0.25, 0.3) is 0 Å². The van der Waals surface area contributed by atoms with Crippen molar-refractivity contribution in [3.8, 4) is 5.75 Å². The van der Waals surface area contributed by atoms with Crippen molar-refractivity contribution in [1.82, 2.24) is 4.90 Å². The maximum atomic E-state index is 11.6. The minimum Gasteiger partial charge on any atom is -0.491 e. The van der Waals surface area contributed by atoms with Gasteiger partial charge in [-0.25, -0.2) is 4.79 Å². The number of carbonyl (C=O) groups excluding carboxylic acids is 1. The summed E-state index contributed by atoms with van der Waals surface area (Å²) in [6.07, 6.45) is 2.25. The summed E-state index contributed by atoms with van der Waals surface area (Å²) in [7, 11) is 0. The maximum absolute atomic E-state index is 11.6. The number of cyclic esters (lactones) is 1. The third-order valence-corrected chi connectivity index (χ3v) is 4.01. The van der Waals surface area contributed by atoms with Crippen molar-refractivity contribution < 1.29 is 14.3 Å². The van der Waals surface area contributed by atoms with E-state index in [1.54, 1.807) is 0 Å². The first-order valence-corrected chi connectivity index (χ1v) is 7.33. The standard InChI is InChI=1S/C14H16BrNO3/c15-11-3-5-13(6-4-11)18-8-12-9-19-14(17)16(12)7-10-1-2-10/h3-6,10,12H,1-2,7-9H2. The highest BCUT2D eigenvalue weighted by molar-refractivity contribution is 9.10. The van der Waals surface area contributed by atoms with Gasteiger partial charge in [-0.05, 0) is 43.0 Å². The average molecular weight is 326 g/mol. The van der Waals surface area contributed by atoms with E-state index in [1.165, 1.54) is 12.8 Å². The zero-order valence-corrected chi connectivity index (χ0v) is 12.1. The summed E-state index contributed by atoms with van der Waals surface area (Å²) in [5.74, 6) is 1.48. The van der Waals surface area contributed by atoms with Gasteiger partial charge in [0.2, 0.25) is 0 Å². The molecule has 0 N–H and O–H groups in total. The number of halogens is 1. The zero-order chi connectivity index (χ0) is 13.2. The Kier molecular flexibility index (Phi) is 3.64. The number of rotatable bonds is 5. The average Bonchev–Trinajstić information content (AvgIpc) is 3.16. The summed E-state index contributed by atoms with van der Waals surface area (Å²) in [6, 6.07) is 7.73. The van der Waals surface area contributed by atoms with E-state index in [0.29, 0.717) is 19.1 Å². The number of hydrogen-bond acceptors (Lipinski definition) is 3. The topological polar surface area (TPSA) is 38.8 Å². The minimum absolute atomic E-state index is 0.0387. The molecule has 1 saturated carbocycles. The van der Waals surface area contributed by atoms with Gasteiger partial charge in [-0.3, -0.25) is 4.90 Å². The van der Waals surface area contributed by atoms with Crippen LogP contribution in [-0.4, -0.2) is 36.8 Å². The number of amides is 1. The monoisotopic (exact) mass is 325 g/mol. The normalized spacial score (nSPS) is 22.5. The highest BCUT2D eigenvalue weighted by Gasteiger charge is 2.37. The van der Waals surface area contributed by atoms with Crippen LogP contribution in [0, 0.1) is 5.92 Å². The van der Waals surface area contributed by atoms with Gasteiger partial charge in [-0.1, -0.05) is 15.9 Å². The van der Waals surface area contributed by atoms with Gasteiger partial charge < -0.3 is 9.47 Å². The van der Waals surface area contributed by atoms with E-state index in [1.807, 2.05) is 29.2 Å². The van der Waals surface area contributed by atoms with Crippen LogP contribution in [0.2, 0.25) is 0 Å². The Balaban J connectivity index is 1.55. The van der Waals surface area contributed by atoms with Crippen molar-refractivity contribution in [1.29, 1.82) is 0 Å². The molecule has 1 unspecified atom stereocenters. The Morgan fingerprint density at radius 1 is 1.32 bits per heavy atom. The molecular weight excluding hydrogens is 310 g/mol. The molecule has 1 saturated heterocycles. The van der Waals surface area contributed by atoms with E-state index < -0.39 is 0 Å². The van der Waals surface area contributed by atoms with Crippen LogP contribution in [0.1, 0.15) is 12.8 Å². The van der Waals surface area contributed by atoms with E-state index in [2.05, 4.69) is 15.9 Å². The molecule has 0 radical (unpaired) electrons. The summed E-state index contributed by atoms with van der Waals surface area (Å²) in [4.78, 5) is 13.5. The first kappa shape index (κ1) is 12.8. The molecule has 1 heterocycles. The Morgan fingerprint density at radius 2 is 2.05 bits per heavy atom. The Labute approximate surface area is 120 Å². The summed E-state index contributed by atoms with van der Waals surface area (Å²) in [5, 5.41) is 0. The molecule has 4 nitrogen and oxygen atoms in total. The van der Waals surface area contributed by atoms with Crippen molar-refractivity contribution in [3.05, 3.63) is 28.7 Å². The van der Waals surface area contributed by atoms with Crippen LogP contribution in [0.3, 0.4) is 0 Å². The molecular formula is C14H16BrNO3. The molecule has 0 bridgehead atoms. The van der Waals surface area contributed by atoms with Gasteiger partial charge in [0.1, 0.15) is 25.0 Å². The predicted octanol–water partition coefficient (Wildman–Crippen LogP) is 3.06. The first-order chi connectivity index (χ1) is 9.22. The van der Waals surface area contributed by atoms with Crippen LogP contribution < -0.4 is 4.74 Å². The molecule has 2 fully saturated rings. The van der Waals surface area contributed by atoms with Crippen molar-refractivity contribution in [2.75, 3.05) is 19.8 Å². The van der Waals surface area contributed by atoms with Crippen LogP contribution >= 0.6 is 15.9 Å². The van der Waals surface area contributed by atoms with E-state index in [9.17, 15) is 4.79 Å². The number of nitrogens with zero attached hydrogens (tertiary/aromatic N) is 1. The van der Waals surface area contributed by atoms with Crippen molar-refractivity contribution >= 4 is 22.0 Å². The molecule has 1 aromatic rings. The predicted molar refractivity (Wildman–Crippen MR) is 74.2 cm³/mol. The first-order valence-electron chi connectivity index (χ1n) is 6.54. The largest absolute Gasteiger partial charge is 0.491 e. The van der Waals surface area contributed by atoms with Crippen LogP contribution in [-0.2, 0) is 4.74 Å². The number of carbonyl (C=O) groups is 1. The smallest absolute Gasteiger partial charge is 0.410 e. The van der Waals surface area contributed by atoms with Gasteiger partial charge in [0.05, 0.1) is 0 Å². The van der Waals surface area contributed by atoms with E-state index in [-0.39, 0.29) is 12.1 Å². The summed E-state index contributed by atoms with van der Waals surface area (Å²) >= 11 is 3.39. The second-order valence-electron chi connectivity index (χ2n) is 5.09. The van der Waals surface area contributed by atoms with E-state index in [0.717, 1.165) is 16.8 Å². The fourth-order valence-electron chi connectivity index (χ4n) is 2.15. The molecule has 1 aliphatic heterocycles. The lowest BCUT2D eigenvalue weighted by Crippen LogP contribution is -2.39. The second kappa shape index (κ2) is 5.41. The van der Waals surface area contributed by atoms with Crippen molar-refractivity contribution in [2.24, 2.45) is 5.92 Å². The molecule has 1 atom stereocenters. The lowest BCUT2D eigenvalue weighted by Gasteiger charge is -2.21. The zero-order valence-electron chi connectivity index (χ0n) is 10.5. The molecule has 0 spiro atoms. The van der Waals surface area contributed by atoms with Crippen LogP contribution in [0.5, 0.6) is 5.75 Å². The highest BCUT2D eigenvalue weighted by atomic mass is 79.9. The molecule has 5 heteroatoms. The van der Waals surface area contributed by atoms with Crippen molar-refractivity contribution in [3.63, 3.8) is 0 Å². The lowest BCUT2D eigenvalue weighted by atomic mass is 10.2. The van der Waals surface area contributed by atoms with Crippen molar-refractivity contribution in [2.45, 2.75) is 18.9 Å². The molecule has 0 aromatic heterocycles. The maximum Gasteiger partial charge on any atom is 0.410 e. The molecule has 3 rings (SSSR count). The van der Waals surface area contributed by atoms with E-state index >= 15 is 0 Å². The third-order valence-electron chi connectivity index (χ3n) is 3.48. The Morgan fingerprint density at radius 3 is 2.74 bits per heavy atom. The SMILES string of the molecule is O=C1OCC(COc2ccc(Br)cc2)N1CC1CC1. The molecule has 1 aliphatic carbocycles. The quantitative estimate of drug-likeness (QED) is 0.835. The fraction of sp³-hybridized carbons (Fsp3) is 0.500. The van der Waals surface area contributed by atoms with Gasteiger partial charge >= 0.3 is 6.09 Å². The number of benzene rings is 1. The molecule has 1 amide bonds. The second-order valence-corrected chi connectivity index (χ2v) is 6.01. The molecule has 102 valence electrons. The third kappa shape index (κ3) is 3.21. The summed E-state index contributed by atoms with van der Waals surface area (Å²) in [6.45, 7) is 1.73. The van der Waals surface area contributed by atoms with Crippen LogP contribution in [0.4, 0.5) is 4.79 Å². The van der Waals surface area contributed by atoms with Crippen LogP contribution in [0.15, 0.2) is 28.7 Å². The molecule has 19 heavy (non-hydrogen) atoms. The summed E-state index contributed by atoms with van der Waals surface area (Å²) < 4.78 is 11.9. The van der Waals surface area contributed by atoms with Gasteiger partial charge in [-0.15, -0.1) is 0 Å². The molecule has 1 aromatic carbocycles. The Bertz CT molecular complexity index is 458. The summed E-state index contributed by atoms with van der Waals surface area (Å²) in [5.41, 5.74) is 0. The highest BCUT2D eigenvalue weighted by Crippen LogP contribution is 2.31. The van der Waals surface area contributed by atoms with Gasteiger partial charge in [0.15, 0.2) is 0 Å². The fourth-order valence-corrected chi connectivity index (χ4v) is 2.42. The van der Waals surface area contributed by atoms with Gasteiger partial charge in [-0.2, -0.15) is 0 Å². The Hall–Kier alpha value is -1.23. The lowest BCUT2D eigenvalue weighted by molar-refractivity contribution is 0.153. The molecule has 2 aliphatic rings. The van der Waals surface area contributed by atoms with Gasteiger partial charge in [0.25, 0.3) is 0 Å². The van der Waals surface area contributed by atoms with E-state index in [4.69, 9.17) is 9.47 Å².